The van der Waals surface area contributed by atoms with E-state index in [1.165, 1.54) is 0 Å². The summed E-state index contributed by atoms with van der Waals surface area (Å²) in [6.07, 6.45) is 1.89. The van der Waals surface area contributed by atoms with E-state index < -0.39 is 0 Å². The molecule has 0 aliphatic carbocycles. The van der Waals surface area contributed by atoms with Crippen LogP contribution in [0.25, 0.3) is 17.1 Å². The van der Waals surface area contributed by atoms with Crippen molar-refractivity contribution >= 4 is 59.3 Å². The summed E-state index contributed by atoms with van der Waals surface area (Å²) in [4.78, 5) is 4.56. The highest BCUT2D eigenvalue weighted by molar-refractivity contribution is 9.13. The van der Waals surface area contributed by atoms with Gasteiger partial charge in [0, 0.05) is 16.7 Å². The minimum atomic E-state index is 0.549. The van der Waals surface area contributed by atoms with Gasteiger partial charge in [-0.25, -0.2) is 4.98 Å². The molecule has 0 bridgehead atoms. The van der Waals surface area contributed by atoms with Crippen LogP contribution in [-0.4, -0.2) is 9.38 Å². The first kappa shape index (κ1) is 13.2. The molecule has 0 aliphatic heterocycles. The largest absolute Gasteiger partial charge is 0.446 e. The fraction of sp³-hybridized carbons (Fsp3) is 0.0833. The molecular formula is C12H8Br3N3O. The quantitative estimate of drug-likeness (QED) is 0.582. The van der Waals surface area contributed by atoms with Gasteiger partial charge >= 0.3 is 0 Å². The number of halogens is 3. The van der Waals surface area contributed by atoms with Crippen molar-refractivity contribution in [3.8, 4) is 11.5 Å². The van der Waals surface area contributed by atoms with Gasteiger partial charge < -0.3 is 10.2 Å². The number of hydrogen-bond acceptors (Lipinski definition) is 3. The molecule has 2 N–H and O–H groups in total. The van der Waals surface area contributed by atoms with Crippen LogP contribution in [0.2, 0.25) is 0 Å². The van der Waals surface area contributed by atoms with Crippen molar-refractivity contribution in [1.82, 2.24) is 9.38 Å². The molecule has 0 aliphatic rings. The van der Waals surface area contributed by atoms with Crippen molar-refractivity contribution < 1.29 is 4.42 Å². The molecule has 4 nitrogen and oxygen atoms in total. The lowest BCUT2D eigenvalue weighted by Gasteiger charge is -2.00. The summed E-state index contributed by atoms with van der Waals surface area (Å²) < 4.78 is 9.84. The van der Waals surface area contributed by atoms with Crippen LogP contribution >= 0.6 is 47.8 Å². The third-order valence-corrected chi connectivity index (χ3v) is 4.93. The zero-order chi connectivity index (χ0) is 13.7. The minimum Gasteiger partial charge on any atom is -0.446 e. The van der Waals surface area contributed by atoms with Crippen molar-refractivity contribution in [3.05, 3.63) is 37.5 Å². The van der Waals surface area contributed by atoms with E-state index in [9.17, 15) is 0 Å². The number of aromatic nitrogens is 2. The van der Waals surface area contributed by atoms with Crippen LogP contribution in [0, 0.1) is 6.92 Å². The molecule has 19 heavy (non-hydrogen) atoms. The molecule has 3 aromatic heterocycles. The molecule has 0 radical (unpaired) electrons. The summed E-state index contributed by atoms with van der Waals surface area (Å²) in [6.45, 7) is 1.99. The van der Waals surface area contributed by atoms with Crippen molar-refractivity contribution in [2.75, 3.05) is 5.73 Å². The van der Waals surface area contributed by atoms with Crippen LogP contribution in [-0.2, 0) is 0 Å². The van der Waals surface area contributed by atoms with E-state index in [4.69, 9.17) is 10.2 Å². The normalized spacial score (nSPS) is 11.4. The van der Waals surface area contributed by atoms with Crippen molar-refractivity contribution in [1.29, 1.82) is 0 Å². The summed E-state index contributed by atoms with van der Waals surface area (Å²) >= 11 is 10.2. The molecule has 0 amide bonds. The van der Waals surface area contributed by atoms with E-state index in [1.54, 1.807) is 0 Å². The first-order valence-corrected chi connectivity index (χ1v) is 7.74. The van der Waals surface area contributed by atoms with Gasteiger partial charge in [-0.05, 0) is 66.3 Å². The number of furan rings is 1. The molecule has 0 atom stereocenters. The Balaban J connectivity index is 2.31. The second kappa shape index (κ2) is 4.64. The van der Waals surface area contributed by atoms with Crippen LogP contribution in [0.1, 0.15) is 5.56 Å². The number of pyridine rings is 1. The predicted molar refractivity (Wildman–Crippen MR) is 85.1 cm³/mol. The summed E-state index contributed by atoms with van der Waals surface area (Å²) in [5.74, 6) is 1.17. The Morgan fingerprint density at radius 1 is 1.26 bits per heavy atom. The van der Waals surface area contributed by atoms with Gasteiger partial charge in [-0.15, -0.1) is 0 Å². The second-order valence-corrected chi connectivity index (χ2v) is 6.60. The summed E-state index contributed by atoms with van der Waals surface area (Å²) in [6, 6.07) is 3.84. The zero-order valence-electron chi connectivity index (χ0n) is 9.75. The maximum Gasteiger partial charge on any atom is 0.184 e. The molecule has 0 fully saturated rings. The van der Waals surface area contributed by atoms with Gasteiger partial charge in [0.15, 0.2) is 10.4 Å². The summed E-state index contributed by atoms with van der Waals surface area (Å²) in [7, 11) is 0. The molecule has 3 heterocycles. The molecule has 0 spiro atoms. The molecule has 0 aromatic carbocycles. The highest BCUT2D eigenvalue weighted by Gasteiger charge is 2.17. The van der Waals surface area contributed by atoms with E-state index in [0.717, 1.165) is 20.2 Å². The van der Waals surface area contributed by atoms with Crippen molar-refractivity contribution in [2.24, 2.45) is 0 Å². The van der Waals surface area contributed by atoms with Crippen LogP contribution in [0.5, 0.6) is 0 Å². The average molecular weight is 450 g/mol. The molecule has 3 aromatic rings. The number of imidazole rings is 1. The van der Waals surface area contributed by atoms with Crippen LogP contribution in [0.15, 0.2) is 36.4 Å². The number of hydrogen-bond donors (Lipinski definition) is 1. The average Bonchev–Trinajstić information content (AvgIpc) is 2.82. The first-order valence-electron chi connectivity index (χ1n) is 5.36. The number of fused-ring (bicyclic) bond motifs is 1. The van der Waals surface area contributed by atoms with Gasteiger partial charge in [0.2, 0.25) is 0 Å². The molecule has 3 rings (SSSR count). The van der Waals surface area contributed by atoms with Crippen molar-refractivity contribution in [3.63, 3.8) is 0 Å². The number of nitrogens with zero attached hydrogens (tertiary/aromatic N) is 2. The van der Waals surface area contributed by atoms with E-state index in [1.807, 2.05) is 29.7 Å². The highest BCUT2D eigenvalue weighted by atomic mass is 79.9. The second-order valence-electron chi connectivity index (χ2n) is 4.11. The minimum absolute atomic E-state index is 0.549. The van der Waals surface area contributed by atoms with E-state index in [0.29, 0.717) is 21.9 Å². The number of rotatable bonds is 1. The Labute approximate surface area is 134 Å². The SMILES string of the molecule is Cc1cc(Br)cn2c(N)c(-c3cc(Br)c(Br)o3)nc12. The number of nitrogen functional groups attached to an aromatic ring is 1. The summed E-state index contributed by atoms with van der Waals surface area (Å²) in [5, 5.41) is 0. The Bertz CT molecular complexity index is 772. The first-order chi connectivity index (χ1) is 8.97. The van der Waals surface area contributed by atoms with Gasteiger partial charge in [0.25, 0.3) is 0 Å². The Hall–Kier alpha value is -0.790. The Kier molecular flexibility index (Phi) is 3.23. The lowest BCUT2D eigenvalue weighted by Crippen LogP contribution is -1.94. The summed E-state index contributed by atoms with van der Waals surface area (Å²) in [5.41, 5.74) is 8.65. The third-order valence-electron chi connectivity index (χ3n) is 2.79. The van der Waals surface area contributed by atoms with E-state index >= 15 is 0 Å². The zero-order valence-corrected chi connectivity index (χ0v) is 14.5. The topological polar surface area (TPSA) is 56.5 Å². The Morgan fingerprint density at radius 2 is 2.00 bits per heavy atom. The molecule has 0 saturated heterocycles. The molecule has 98 valence electrons. The standard InChI is InChI=1S/C12H8Br3N3O/c1-5-2-6(13)4-18-11(16)9(17-12(5)18)8-3-7(14)10(15)19-8/h2-4H,16H2,1H3. The smallest absolute Gasteiger partial charge is 0.184 e. The van der Waals surface area contributed by atoms with Gasteiger partial charge in [-0.2, -0.15) is 0 Å². The number of anilines is 1. The molecule has 7 heteroatoms. The lowest BCUT2D eigenvalue weighted by atomic mass is 10.3. The van der Waals surface area contributed by atoms with Crippen LogP contribution in [0.4, 0.5) is 5.82 Å². The maximum absolute atomic E-state index is 6.16. The molecule has 0 saturated carbocycles. The number of nitrogens with two attached hydrogens (primary N) is 1. The van der Waals surface area contributed by atoms with Crippen LogP contribution < -0.4 is 5.73 Å². The fourth-order valence-corrected chi connectivity index (χ4v) is 3.06. The highest BCUT2D eigenvalue weighted by Crippen LogP contribution is 2.35. The lowest BCUT2D eigenvalue weighted by molar-refractivity contribution is 0.552. The Morgan fingerprint density at radius 3 is 2.63 bits per heavy atom. The van der Waals surface area contributed by atoms with Gasteiger partial charge in [-0.3, -0.25) is 4.40 Å². The van der Waals surface area contributed by atoms with Gasteiger partial charge in [0.05, 0.1) is 4.47 Å². The molecular weight excluding hydrogens is 442 g/mol. The predicted octanol–water partition coefficient (Wildman–Crippen LogP) is 4.77. The third kappa shape index (κ3) is 2.13. The van der Waals surface area contributed by atoms with Gasteiger partial charge in [-0.1, -0.05) is 0 Å². The van der Waals surface area contributed by atoms with E-state index in [2.05, 4.69) is 52.8 Å². The van der Waals surface area contributed by atoms with Gasteiger partial charge in [0.1, 0.15) is 17.2 Å². The maximum atomic E-state index is 6.16. The number of aryl methyl sites for hydroxylation is 1. The van der Waals surface area contributed by atoms with E-state index in [-0.39, 0.29) is 0 Å². The molecule has 0 unspecified atom stereocenters. The van der Waals surface area contributed by atoms with Crippen LogP contribution in [0.3, 0.4) is 0 Å². The monoisotopic (exact) mass is 447 g/mol. The fourth-order valence-electron chi connectivity index (χ4n) is 1.93. The van der Waals surface area contributed by atoms with Crippen molar-refractivity contribution in [2.45, 2.75) is 6.92 Å².